The van der Waals surface area contributed by atoms with Crippen molar-refractivity contribution in [3.05, 3.63) is 138 Å². The van der Waals surface area contributed by atoms with Crippen molar-refractivity contribution in [2.75, 3.05) is 14.2 Å². The molecule has 0 aliphatic rings. The van der Waals surface area contributed by atoms with Crippen LogP contribution >= 0.6 is 27.5 Å². The summed E-state index contributed by atoms with van der Waals surface area (Å²) in [5.74, 6) is 1.95. The van der Waals surface area contributed by atoms with Gasteiger partial charge >= 0.3 is 0 Å². The molecule has 0 aliphatic carbocycles. The number of rotatable bonds is 8. The number of aromatic nitrogens is 4. The summed E-state index contributed by atoms with van der Waals surface area (Å²) in [5.41, 5.74) is 3.04. The van der Waals surface area contributed by atoms with E-state index in [1.54, 1.807) is 45.0 Å². The normalized spacial score (nSPS) is 10.3. The Kier molecular flexibility index (Phi) is 11.1. The van der Waals surface area contributed by atoms with Crippen molar-refractivity contribution in [3.63, 3.8) is 0 Å². The topological polar surface area (TPSA) is 121 Å². The number of nitriles is 1. The van der Waals surface area contributed by atoms with E-state index in [1.807, 2.05) is 54.6 Å². The van der Waals surface area contributed by atoms with Gasteiger partial charge in [-0.3, -0.25) is 18.7 Å². The van der Waals surface area contributed by atoms with Crippen LogP contribution in [0.15, 0.2) is 93.4 Å². The first kappa shape index (κ1) is 33.0. The minimum atomic E-state index is -0.322. The smallest absolute Gasteiger partial charge is 0.296 e. The molecule has 0 N–H and O–H groups in total. The van der Waals surface area contributed by atoms with Crippen molar-refractivity contribution in [1.82, 2.24) is 19.1 Å². The van der Waals surface area contributed by atoms with Gasteiger partial charge in [-0.05, 0) is 83.4 Å². The molecular formula is C33H29BrClN5O5. The van der Waals surface area contributed by atoms with Gasteiger partial charge in [0.25, 0.3) is 11.1 Å². The Balaban J connectivity index is 0.000000222. The molecule has 0 atom stereocenters. The van der Waals surface area contributed by atoms with E-state index in [1.165, 1.54) is 23.0 Å². The Morgan fingerprint density at radius 3 is 1.80 bits per heavy atom. The zero-order valence-corrected chi connectivity index (χ0v) is 27.3. The van der Waals surface area contributed by atoms with E-state index in [0.717, 1.165) is 22.6 Å². The van der Waals surface area contributed by atoms with E-state index < -0.39 is 0 Å². The first-order valence-corrected chi connectivity index (χ1v) is 14.7. The van der Waals surface area contributed by atoms with E-state index in [2.05, 4.69) is 25.9 Å². The van der Waals surface area contributed by atoms with Crippen molar-refractivity contribution in [3.8, 4) is 29.1 Å². The van der Waals surface area contributed by atoms with E-state index in [4.69, 9.17) is 31.1 Å². The quantitative estimate of drug-likeness (QED) is 0.186. The lowest BCUT2D eigenvalue weighted by Gasteiger charge is -2.12. The molecule has 45 heavy (non-hydrogen) atoms. The summed E-state index contributed by atoms with van der Waals surface area (Å²) < 4.78 is 19.5. The van der Waals surface area contributed by atoms with Gasteiger partial charge in [0.2, 0.25) is 5.75 Å². The van der Waals surface area contributed by atoms with Gasteiger partial charge in [-0.1, -0.05) is 35.9 Å². The van der Waals surface area contributed by atoms with Gasteiger partial charge in [-0.15, -0.1) is 0 Å². The molecule has 12 heteroatoms. The van der Waals surface area contributed by atoms with Crippen LogP contribution in [0, 0.1) is 25.2 Å². The van der Waals surface area contributed by atoms with Gasteiger partial charge in [-0.2, -0.15) is 5.26 Å². The highest BCUT2D eigenvalue weighted by atomic mass is 79.9. The lowest BCUT2D eigenvalue weighted by molar-refractivity contribution is 0.414. The van der Waals surface area contributed by atoms with Crippen LogP contribution in [-0.4, -0.2) is 33.3 Å². The van der Waals surface area contributed by atoms with Gasteiger partial charge in [0, 0.05) is 5.02 Å². The van der Waals surface area contributed by atoms with Crippen molar-refractivity contribution in [1.29, 1.82) is 5.26 Å². The number of benzene rings is 3. The second kappa shape index (κ2) is 15.2. The lowest BCUT2D eigenvalue weighted by atomic mass is 10.2. The second-order valence-electron chi connectivity index (χ2n) is 9.75. The molecule has 0 aliphatic heterocycles. The zero-order chi connectivity index (χ0) is 32.5. The molecule has 0 radical (unpaired) electrons. The van der Waals surface area contributed by atoms with Crippen LogP contribution < -0.4 is 25.3 Å². The number of methoxy groups -OCH3 is 2. The van der Waals surface area contributed by atoms with Crippen LogP contribution in [0.4, 0.5) is 0 Å². The van der Waals surface area contributed by atoms with Gasteiger partial charge in [0.15, 0.2) is 0 Å². The van der Waals surface area contributed by atoms with Crippen LogP contribution in [0.3, 0.4) is 0 Å². The number of halogens is 2. The van der Waals surface area contributed by atoms with E-state index in [-0.39, 0.29) is 16.9 Å². The highest BCUT2D eigenvalue weighted by Crippen LogP contribution is 2.25. The number of hydrogen-bond acceptors (Lipinski definition) is 8. The van der Waals surface area contributed by atoms with E-state index in [0.29, 0.717) is 45.3 Å². The first-order chi connectivity index (χ1) is 21.6. The summed E-state index contributed by atoms with van der Waals surface area (Å²) in [6, 6.07) is 21.6. The van der Waals surface area contributed by atoms with Gasteiger partial charge in [0.05, 0.1) is 63.0 Å². The number of nitrogens with zero attached hydrogens (tertiary/aromatic N) is 5. The van der Waals surface area contributed by atoms with Crippen LogP contribution in [0.1, 0.15) is 28.1 Å². The minimum absolute atomic E-state index is 0.0710. The molecule has 2 aromatic heterocycles. The molecule has 0 saturated heterocycles. The van der Waals surface area contributed by atoms with Crippen LogP contribution in [0.2, 0.25) is 5.02 Å². The third kappa shape index (κ3) is 8.59. The van der Waals surface area contributed by atoms with E-state index >= 15 is 0 Å². The fourth-order valence-electron chi connectivity index (χ4n) is 4.10. The average Bonchev–Trinajstić information content (AvgIpc) is 3.05. The van der Waals surface area contributed by atoms with Crippen LogP contribution in [0.5, 0.6) is 23.0 Å². The summed E-state index contributed by atoms with van der Waals surface area (Å²) in [7, 11) is 3.22. The molecule has 5 rings (SSSR count). The lowest BCUT2D eigenvalue weighted by Crippen LogP contribution is -2.23. The SMILES string of the molecule is COc1ccc(Cn2cnc(C)c(Br)c2=O)cc1.COc1ccc(Cn2cnc(C)c(Oc3cc(Cl)cc(C#N)c3)c2=O)cc1. The van der Waals surface area contributed by atoms with Gasteiger partial charge in [-0.25, -0.2) is 9.97 Å². The van der Waals surface area contributed by atoms with Crippen molar-refractivity contribution in [2.24, 2.45) is 0 Å². The van der Waals surface area contributed by atoms with Crippen molar-refractivity contribution in [2.45, 2.75) is 26.9 Å². The molecule has 10 nitrogen and oxygen atoms in total. The third-order valence-corrected chi connectivity index (χ3v) is 7.71. The fraction of sp³-hybridized carbons (Fsp3) is 0.182. The number of ether oxygens (including phenoxy) is 3. The maximum atomic E-state index is 12.8. The average molecular weight is 691 g/mol. The summed E-state index contributed by atoms with van der Waals surface area (Å²) in [5, 5.41) is 9.41. The second-order valence-corrected chi connectivity index (χ2v) is 11.0. The Hall–Kier alpha value is -4.92. The molecule has 0 amide bonds. The molecule has 0 saturated carbocycles. The van der Waals surface area contributed by atoms with E-state index in [9.17, 15) is 9.59 Å². The number of aryl methyl sites for hydroxylation is 2. The fourth-order valence-corrected chi connectivity index (χ4v) is 4.66. The summed E-state index contributed by atoms with van der Waals surface area (Å²) >= 11 is 9.25. The predicted octanol–water partition coefficient (Wildman–Crippen LogP) is 6.30. The zero-order valence-electron chi connectivity index (χ0n) is 25.0. The van der Waals surface area contributed by atoms with Crippen LogP contribution in [-0.2, 0) is 13.1 Å². The minimum Gasteiger partial charge on any atom is -0.497 e. The molecular weight excluding hydrogens is 662 g/mol. The van der Waals surface area contributed by atoms with Gasteiger partial charge in [0.1, 0.15) is 21.7 Å². The summed E-state index contributed by atoms with van der Waals surface area (Å²) in [6.45, 7) is 4.31. The molecule has 5 aromatic rings. The number of hydrogen-bond donors (Lipinski definition) is 0. The van der Waals surface area contributed by atoms with Crippen molar-refractivity contribution < 1.29 is 14.2 Å². The molecule has 3 aromatic carbocycles. The van der Waals surface area contributed by atoms with Gasteiger partial charge < -0.3 is 14.2 Å². The summed E-state index contributed by atoms with van der Waals surface area (Å²) in [6.07, 6.45) is 3.04. The predicted molar refractivity (Wildman–Crippen MR) is 175 cm³/mol. The molecule has 0 bridgehead atoms. The van der Waals surface area contributed by atoms with Crippen LogP contribution in [0.25, 0.3) is 0 Å². The molecule has 0 fully saturated rings. The van der Waals surface area contributed by atoms with Crippen molar-refractivity contribution >= 4 is 27.5 Å². The maximum absolute atomic E-state index is 12.8. The Morgan fingerprint density at radius 1 is 0.778 bits per heavy atom. The molecule has 0 unspecified atom stereocenters. The Bertz CT molecular complexity index is 1950. The highest BCUT2D eigenvalue weighted by molar-refractivity contribution is 9.10. The largest absolute Gasteiger partial charge is 0.497 e. The summed E-state index contributed by atoms with van der Waals surface area (Å²) in [4.78, 5) is 33.2. The standard InChI is InChI=1S/C20H16ClN3O3.C13H13BrN2O2/c1-13-19(27-18-8-15(10-22)7-16(21)9-18)20(25)24(12-23-13)11-14-3-5-17(26-2)6-4-14;1-9-12(14)13(17)16(8-15-9)7-10-3-5-11(18-2)6-4-10/h3-9,12H,11H2,1-2H3;3-6,8H,7H2,1-2H3. The monoisotopic (exact) mass is 689 g/mol. The Morgan fingerprint density at radius 2 is 1.29 bits per heavy atom. The Labute approximate surface area is 273 Å². The molecule has 230 valence electrons. The first-order valence-electron chi connectivity index (χ1n) is 13.5. The molecule has 2 heterocycles. The maximum Gasteiger partial charge on any atom is 0.296 e. The highest BCUT2D eigenvalue weighted by Gasteiger charge is 2.13. The third-order valence-electron chi connectivity index (χ3n) is 6.58. The molecule has 0 spiro atoms.